The van der Waals surface area contributed by atoms with Crippen LogP contribution in [0.2, 0.25) is 0 Å². The second kappa shape index (κ2) is 7.28. The highest BCUT2D eigenvalue weighted by Crippen LogP contribution is 1.97. The number of carboxylic acid groups (broad SMARTS) is 2. The number of carbonyl (C=O) groups excluding carboxylic acids is 1. The van der Waals surface area contributed by atoms with Crippen LogP contribution < -0.4 is 5.11 Å². The fraction of sp³-hybridized carbons (Fsp3) is 0.750. The Labute approximate surface area is 83.0 Å². The van der Waals surface area contributed by atoms with E-state index in [1.165, 1.54) is 0 Å². The lowest BCUT2D eigenvalue weighted by Gasteiger charge is -2.26. The molecule has 0 aromatic carbocycles. The maximum Gasteiger partial charge on any atom is 0.290 e. The molecule has 0 aromatic rings. The van der Waals surface area contributed by atoms with Gasteiger partial charge in [-0.2, -0.15) is 0 Å². The fourth-order valence-corrected chi connectivity index (χ4v) is 0.889. The van der Waals surface area contributed by atoms with Crippen molar-refractivity contribution in [2.24, 2.45) is 0 Å². The van der Waals surface area contributed by atoms with E-state index in [-0.39, 0.29) is 12.9 Å². The Morgan fingerprint density at radius 3 is 2.07 bits per heavy atom. The Balaban J connectivity index is 0. The van der Waals surface area contributed by atoms with Crippen LogP contribution in [0, 0.1) is 0 Å². The molecule has 0 aliphatic heterocycles. The highest BCUT2D eigenvalue weighted by atomic mass is 16.4. The molecule has 0 fully saturated rings. The molecule has 6 heteroatoms. The summed E-state index contributed by atoms with van der Waals surface area (Å²) < 4.78 is 0.550. The van der Waals surface area contributed by atoms with Crippen molar-refractivity contribution in [2.75, 3.05) is 27.7 Å². The molecule has 0 bridgehead atoms. The smallest absolute Gasteiger partial charge is 0.290 e. The maximum atomic E-state index is 10.0. The lowest BCUT2D eigenvalue weighted by Crippen LogP contribution is -2.43. The van der Waals surface area contributed by atoms with Crippen molar-refractivity contribution in [1.29, 1.82) is 0 Å². The quantitative estimate of drug-likeness (QED) is 0.406. The Bertz CT molecular complexity index is 175. The van der Waals surface area contributed by atoms with Crippen molar-refractivity contribution >= 4 is 12.4 Å². The number of nitrogens with zero attached hydrogens (tertiary/aromatic N) is 1. The Morgan fingerprint density at radius 2 is 1.86 bits per heavy atom. The summed E-state index contributed by atoms with van der Waals surface area (Å²) in [5.74, 6) is -1.20. The van der Waals surface area contributed by atoms with Crippen LogP contribution in [0.3, 0.4) is 0 Å². The average Bonchev–Trinajstić information content (AvgIpc) is 1.80. The summed E-state index contributed by atoms with van der Waals surface area (Å²) in [7, 11) is 5.66. The van der Waals surface area contributed by atoms with Crippen LogP contribution in [0.25, 0.3) is 0 Å². The van der Waals surface area contributed by atoms with Gasteiger partial charge in [0.2, 0.25) is 0 Å². The number of hydrogen-bond acceptors (Lipinski definition) is 4. The molecule has 0 aliphatic rings. The monoisotopic (exact) mass is 207 g/mol. The van der Waals surface area contributed by atoms with E-state index in [0.29, 0.717) is 11.0 Å². The van der Waals surface area contributed by atoms with Gasteiger partial charge in [0.05, 0.1) is 21.1 Å². The molecule has 0 saturated carbocycles. The van der Waals surface area contributed by atoms with Gasteiger partial charge in [0.15, 0.2) is 0 Å². The summed E-state index contributed by atoms with van der Waals surface area (Å²) in [6.45, 7) is 0.175. The van der Waals surface area contributed by atoms with Gasteiger partial charge in [0.1, 0.15) is 12.6 Å². The van der Waals surface area contributed by atoms with Gasteiger partial charge in [0.25, 0.3) is 6.47 Å². The molecule has 0 aliphatic carbocycles. The second-order valence-electron chi connectivity index (χ2n) is 3.81. The van der Waals surface area contributed by atoms with Gasteiger partial charge in [0, 0.05) is 12.4 Å². The first kappa shape index (κ1) is 15.3. The van der Waals surface area contributed by atoms with E-state index in [9.17, 15) is 9.90 Å². The first-order chi connectivity index (χ1) is 6.22. The molecular formula is C8H17NO5. The molecule has 0 saturated heterocycles. The summed E-state index contributed by atoms with van der Waals surface area (Å²) in [6.07, 6.45) is -1.09. The Kier molecular flexibility index (Phi) is 7.98. The minimum absolute atomic E-state index is 0.250. The first-order valence-corrected chi connectivity index (χ1v) is 3.99. The van der Waals surface area contributed by atoms with Crippen LogP contribution >= 0.6 is 0 Å². The molecule has 0 aromatic heterocycles. The summed E-state index contributed by atoms with van der Waals surface area (Å²) in [5.41, 5.74) is 0. The van der Waals surface area contributed by atoms with E-state index >= 15 is 0 Å². The summed E-state index contributed by atoms with van der Waals surface area (Å²) in [6, 6.07) is 0. The molecule has 0 radical (unpaired) electrons. The van der Waals surface area contributed by atoms with E-state index < -0.39 is 12.1 Å². The van der Waals surface area contributed by atoms with Gasteiger partial charge in [-0.3, -0.25) is 4.79 Å². The zero-order valence-corrected chi connectivity index (χ0v) is 8.64. The molecule has 0 rings (SSSR count). The van der Waals surface area contributed by atoms with Crippen molar-refractivity contribution in [3.63, 3.8) is 0 Å². The van der Waals surface area contributed by atoms with Crippen molar-refractivity contribution in [3.05, 3.63) is 0 Å². The zero-order chi connectivity index (χ0) is 11.8. The number of rotatable bonds is 4. The summed E-state index contributed by atoms with van der Waals surface area (Å²) >= 11 is 0. The third-order valence-electron chi connectivity index (χ3n) is 1.16. The number of quaternary nitrogens is 1. The van der Waals surface area contributed by atoms with Crippen molar-refractivity contribution in [2.45, 2.75) is 12.5 Å². The van der Waals surface area contributed by atoms with Crippen LogP contribution in [-0.2, 0) is 9.59 Å². The van der Waals surface area contributed by atoms with Crippen LogP contribution in [0.15, 0.2) is 0 Å². The predicted molar refractivity (Wildman–Crippen MR) is 47.2 cm³/mol. The lowest BCUT2D eigenvalue weighted by atomic mass is 10.2. The van der Waals surface area contributed by atoms with Gasteiger partial charge >= 0.3 is 0 Å². The zero-order valence-electron chi connectivity index (χ0n) is 8.64. The van der Waals surface area contributed by atoms with Gasteiger partial charge in [-0.15, -0.1) is 0 Å². The van der Waals surface area contributed by atoms with Gasteiger partial charge in [-0.25, -0.2) is 0 Å². The van der Waals surface area contributed by atoms with Crippen LogP contribution in [0.5, 0.6) is 0 Å². The van der Waals surface area contributed by atoms with Crippen LogP contribution in [-0.4, -0.2) is 60.9 Å². The van der Waals surface area contributed by atoms with E-state index in [1.54, 1.807) is 0 Å². The third-order valence-corrected chi connectivity index (χ3v) is 1.16. The Hall–Kier alpha value is -1.14. The molecule has 6 nitrogen and oxygen atoms in total. The lowest BCUT2D eigenvalue weighted by molar-refractivity contribution is -0.873. The third kappa shape index (κ3) is 17.1. The number of aliphatic hydroxyl groups is 1. The standard InChI is InChI=1S/C7H15NO3.CH2O2/c1-8(2,3)5-6(9)4-7(10)11;2-1-3/h6,9H,4-5H2,1-3H3;1H,(H,2,3)/t6-;/m1./s1. The highest BCUT2D eigenvalue weighted by Gasteiger charge is 2.14. The van der Waals surface area contributed by atoms with E-state index in [2.05, 4.69) is 0 Å². The SMILES string of the molecule is C[N+](C)(C)C[C@H](O)CC(=O)[O-].O=CO. The number of likely N-dealkylation sites (N-methyl/N-ethyl adjacent to an activating group) is 1. The largest absolute Gasteiger partial charge is 0.550 e. The number of carbonyl (C=O) groups is 2. The van der Waals surface area contributed by atoms with Gasteiger partial charge < -0.3 is 24.6 Å². The van der Waals surface area contributed by atoms with Crippen molar-refractivity contribution in [1.82, 2.24) is 0 Å². The number of aliphatic hydroxyl groups excluding tert-OH is 1. The highest BCUT2D eigenvalue weighted by molar-refractivity contribution is 5.64. The molecule has 14 heavy (non-hydrogen) atoms. The minimum atomic E-state index is -1.20. The van der Waals surface area contributed by atoms with Crippen LogP contribution in [0.1, 0.15) is 6.42 Å². The fourth-order valence-electron chi connectivity index (χ4n) is 0.889. The number of carboxylic acids is 1. The topological polar surface area (TPSA) is 97.7 Å². The predicted octanol–water partition coefficient (Wildman–Crippen LogP) is -2.11. The van der Waals surface area contributed by atoms with E-state index in [0.717, 1.165) is 0 Å². The molecule has 0 amide bonds. The van der Waals surface area contributed by atoms with Gasteiger partial charge in [-0.05, 0) is 0 Å². The molecule has 2 N–H and O–H groups in total. The molecule has 0 spiro atoms. The molecule has 0 unspecified atom stereocenters. The minimum Gasteiger partial charge on any atom is -0.550 e. The first-order valence-electron chi connectivity index (χ1n) is 3.99. The van der Waals surface area contributed by atoms with E-state index in [4.69, 9.17) is 15.0 Å². The number of aliphatic carboxylic acids is 1. The van der Waals surface area contributed by atoms with E-state index in [1.807, 2.05) is 21.1 Å². The number of hydrogen-bond donors (Lipinski definition) is 2. The van der Waals surface area contributed by atoms with Crippen LogP contribution in [0.4, 0.5) is 0 Å². The normalized spacial score (nSPS) is 12.3. The Morgan fingerprint density at radius 1 is 1.50 bits per heavy atom. The molecular weight excluding hydrogens is 190 g/mol. The average molecular weight is 207 g/mol. The van der Waals surface area contributed by atoms with Gasteiger partial charge in [-0.1, -0.05) is 0 Å². The molecule has 1 atom stereocenters. The van der Waals surface area contributed by atoms with Crippen molar-refractivity contribution < 1.29 is 29.4 Å². The maximum absolute atomic E-state index is 10.0. The second-order valence-corrected chi connectivity index (χ2v) is 3.81. The summed E-state index contributed by atoms with van der Waals surface area (Å²) in [4.78, 5) is 18.4. The molecule has 84 valence electrons. The summed E-state index contributed by atoms with van der Waals surface area (Å²) in [5, 5.41) is 26.0. The van der Waals surface area contributed by atoms with Crippen molar-refractivity contribution in [3.8, 4) is 0 Å². The molecule has 0 heterocycles.